The molecule has 0 aliphatic carbocycles. The molecule has 19 heavy (non-hydrogen) atoms. The van der Waals surface area contributed by atoms with Crippen LogP contribution in [0, 0.1) is 12.7 Å². The van der Waals surface area contributed by atoms with E-state index in [0.29, 0.717) is 5.56 Å². The molecule has 0 saturated heterocycles. The highest BCUT2D eigenvalue weighted by Crippen LogP contribution is 2.29. The lowest BCUT2D eigenvalue weighted by atomic mass is 9.97. The molecule has 0 radical (unpaired) electrons. The fourth-order valence-corrected chi connectivity index (χ4v) is 2.12. The minimum atomic E-state index is -0.407. The van der Waals surface area contributed by atoms with Crippen molar-refractivity contribution in [3.05, 3.63) is 65.0 Å². The number of hydrogen-bond acceptors (Lipinski definition) is 3. The molecule has 3 nitrogen and oxygen atoms in total. The second-order valence-corrected chi connectivity index (χ2v) is 4.38. The molecule has 2 rings (SSSR count). The smallest absolute Gasteiger partial charge is 0.170 e. The molecular weight excluding hydrogens is 243 g/mol. The highest BCUT2D eigenvalue weighted by Gasteiger charge is 2.19. The number of methoxy groups -OCH3 is 1. The average molecular weight is 260 g/mol. The van der Waals surface area contributed by atoms with Crippen LogP contribution in [0.5, 0.6) is 5.75 Å². The van der Waals surface area contributed by atoms with Gasteiger partial charge in [-0.1, -0.05) is 42.0 Å². The molecule has 0 heterocycles. The van der Waals surface area contributed by atoms with Crippen LogP contribution in [0.15, 0.2) is 42.5 Å². The number of rotatable bonds is 4. The fourth-order valence-electron chi connectivity index (χ4n) is 2.12. The molecule has 0 saturated carbocycles. The molecule has 2 aromatic rings. The summed E-state index contributed by atoms with van der Waals surface area (Å²) in [6.45, 7) is 1.99. The molecule has 4 heteroatoms. The Morgan fingerprint density at radius 1 is 1.21 bits per heavy atom. The van der Waals surface area contributed by atoms with Crippen LogP contribution >= 0.6 is 0 Å². The first-order valence-corrected chi connectivity index (χ1v) is 6.02. The molecule has 0 spiro atoms. The molecule has 0 aliphatic rings. The topological polar surface area (TPSA) is 47.3 Å². The molecular formula is C15H17FN2O. The highest BCUT2D eigenvalue weighted by atomic mass is 19.1. The summed E-state index contributed by atoms with van der Waals surface area (Å²) in [5.74, 6) is 5.41. The SMILES string of the molecule is COc1cccc(C(NN)c2cccc(C)c2)c1F. The van der Waals surface area contributed by atoms with E-state index in [2.05, 4.69) is 5.43 Å². The van der Waals surface area contributed by atoms with Gasteiger partial charge in [0.2, 0.25) is 0 Å². The van der Waals surface area contributed by atoms with Gasteiger partial charge in [-0.3, -0.25) is 5.84 Å². The summed E-state index contributed by atoms with van der Waals surface area (Å²) in [5, 5.41) is 0. The van der Waals surface area contributed by atoms with E-state index in [-0.39, 0.29) is 5.75 Å². The number of hydrogen-bond donors (Lipinski definition) is 2. The molecule has 0 bridgehead atoms. The minimum Gasteiger partial charge on any atom is -0.494 e. The maximum absolute atomic E-state index is 14.3. The van der Waals surface area contributed by atoms with E-state index < -0.39 is 11.9 Å². The Hall–Kier alpha value is -1.91. The van der Waals surface area contributed by atoms with Gasteiger partial charge in [0.1, 0.15) is 0 Å². The van der Waals surface area contributed by atoms with Crippen molar-refractivity contribution in [2.45, 2.75) is 13.0 Å². The van der Waals surface area contributed by atoms with E-state index in [1.807, 2.05) is 31.2 Å². The molecule has 2 aromatic carbocycles. The van der Waals surface area contributed by atoms with Crippen LogP contribution in [0.1, 0.15) is 22.7 Å². The summed E-state index contributed by atoms with van der Waals surface area (Å²) in [6.07, 6.45) is 0. The molecule has 0 aliphatic heterocycles. The first-order valence-electron chi connectivity index (χ1n) is 6.02. The molecule has 1 atom stereocenters. The molecule has 1 unspecified atom stereocenters. The third-order valence-electron chi connectivity index (χ3n) is 3.07. The first-order chi connectivity index (χ1) is 9.17. The Labute approximate surface area is 112 Å². The number of aryl methyl sites for hydroxylation is 1. The van der Waals surface area contributed by atoms with Crippen molar-refractivity contribution in [1.29, 1.82) is 0 Å². The van der Waals surface area contributed by atoms with Gasteiger partial charge in [-0.05, 0) is 18.6 Å². The molecule has 3 N–H and O–H groups in total. The summed E-state index contributed by atoms with van der Waals surface area (Å²) >= 11 is 0. The second-order valence-electron chi connectivity index (χ2n) is 4.38. The third kappa shape index (κ3) is 2.75. The predicted molar refractivity (Wildman–Crippen MR) is 73.3 cm³/mol. The molecule has 0 amide bonds. The molecule has 100 valence electrons. The van der Waals surface area contributed by atoms with Gasteiger partial charge < -0.3 is 4.74 Å². The van der Waals surface area contributed by atoms with Crippen LogP contribution in [0.4, 0.5) is 4.39 Å². The quantitative estimate of drug-likeness (QED) is 0.656. The van der Waals surface area contributed by atoms with Gasteiger partial charge in [-0.25, -0.2) is 9.82 Å². The van der Waals surface area contributed by atoms with E-state index in [1.165, 1.54) is 7.11 Å². The van der Waals surface area contributed by atoms with E-state index >= 15 is 0 Å². The zero-order valence-electron chi connectivity index (χ0n) is 11.0. The second kappa shape index (κ2) is 5.82. The van der Waals surface area contributed by atoms with Crippen LogP contribution < -0.4 is 16.0 Å². The number of benzene rings is 2. The number of ether oxygens (including phenoxy) is 1. The van der Waals surface area contributed by atoms with E-state index in [4.69, 9.17) is 10.6 Å². The maximum atomic E-state index is 14.3. The number of halogens is 1. The van der Waals surface area contributed by atoms with Crippen molar-refractivity contribution in [3.8, 4) is 5.75 Å². The summed E-state index contributed by atoms with van der Waals surface area (Å²) in [5.41, 5.74) is 5.13. The van der Waals surface area contributed by atoms with Gasteiger partial charge in [0.05, 0.1) is 13.2 Å². The van der Waals surface area contributed by atoms with Gasteiger partial charge in [0.25, 0.3) is 0 Å². The number of nitrogens with one attached hydrogen (secondary N) is 1. The van der Waals surface area contributed by atoms with Crippen LogP contribution in [0.25, 0.3) is 0 Å². The van der Waals surface area contributed by atoms with Crippen molar-refractivity contribution in [3.63, 3.8) is 0 Å². The lowest BCUT2D eigenvalue weighted by molar-refractivity contribution is 0.381. The van der Waals surface area contributed by atoms with Crippen molar-refractivity contribution in [1.82, 2.24) is 5.43 Å². The standard InChI is InChI=1S/C15H17FN2O/c1-10-5-3-6-11(9-10)15(18-17)12-7-4-8-13(19-2)14(12)16/h3-9,15,18H,17H2,1-2H3. The minimum absolute atomic E-state index is 0.213. The Kier molecular flexibility index (Phi) is 4.14. The Morgan fingerprint density at radius 3 is 2.58 bits per heavy atom. The number of hydrazine groups is 1. The van der Waals surface area contributed by atoms with Gasteiger partial charge in [-0.15, -0.1) is 0 Å². The van der Waals surface area contributed by atoms with Crippen LogP contribution in [-0.2, 0) is 0 Å². The first kappa shape index (κ1) is 13.5. The van der Waals surface area contributed by atoms with Gasteiger partial charge in [0.15, 0.2) is 11.6 Å². The van der Waals surface area contributed by atoms with Crippen molar-refractivity contribution < 1.29 is 9.13 Å². The third-order valence-corrected chi connectivity index (χ3v) is 3.07. The molecule has 0 aromatic heterocycles. The Bertz CT molecular complexity index is 572. The van der Waals surface area contributed by atoms with E-state index in [0.717, 1.165) is 11.1 Å². The van der Waals surface area contributed by atoms with E-state index in [1.54, 1.807) is 18.2 Å². The van der Waals surface area contributed by atoms with Gasteiger partial charge >= 0.3 is 0 Å². The normalized spacial score (nSPS) is 12.2. The Morgan fingerprint density at radius 2 is 1.95 bits per heavy atom. The zero-order chi connectivity index (χ0) is 13.8. The van der Waals surface area contributed by atoms with Crippen LogP contribution in [-0.4, -0.2) is 7.11 Å². The van der Waals surface area contributed by atoms with Gasteiger partial charge in [0, 0.05) is 5.56 Å². The van der Waals surface area contributed by atoms with Crippen molar-refractivity contribution in [2.75, 3.05) is 7.11 Å². The lowest BCUT2D eigenvalue weighted by Gasteiger charge is -2.19. The maximum Gasteiger partial charge on any atom is 0.170 e. The summed E-state index contributed by atoms with van der Waals surface area (Å²) in [6, 6.07) is 12.4. The van der Waals surface area contributed by atoms with Gasteiger partial charge in [-0.2, -0.15) is 0 Å². The lowest BCUT2D eigenvalue weighted by Crippen LogP contribution is -2.29. The van der Waals surface area contributed by atoms with E-state index in [9.17, 15) is 4.39 Å². The monoisotopic (exact) mass is 260 g/mol. The van der Waals surface area contributed by atoms with Crippen LogP contribution in [0.3, 0.4) is 0 Å². The number of nitrogens with two attached hydrogens (primary N) is 1. The van der Waals surface area contributed by atoms with Crippen molar-refractivity contribution in [2.24, 2.45) is 5.84 Å². The fraction of sp³-hybridized carbons (Fsp3) is 0.200. The van der Waals surface area contributed by atoms with Crippen molar-refractivity contribution >= 4 is 0 Å². The largest absolute Gasteiger partial charge is 0.494 e. The zero-order valence-corrected chi connectivity index (χ0v) is 11.0. The Balaban J connectivity index is 2.48. The molecule has 0 fully saturated rings. The highest BCUT2D eigenvalue weighted by molar-refractivity contribution is 5.39. The predicted octanol–water partition coefficient (Wildman–Crippen LogP) is 2.70. The van der Waals surface area contributed by atoms with Crippen LogP contribution in [0.2, 0.25) is 0 Å². The average Bonchev–Trinajstić information content (AvgIpc) is 2.41. The summed E-state index contributed by atoms with van der Waals surface area (Å²) < 4.78 is 19.3. The summed E-state index contributed by atoms with van der Waals surface area (Å²) in [4.78, 5) is 0. The summed E-state index contributed by atoms with van der Waals surface area (Å²) in [7, 11) is 1.44.